The van der Waals surface area contributed by atoms with Crippen molar-refractivity contribution in [2.24, 2.45) is 5.41 Å². The molecule has 0 atom stereocenters. The van der Waals surface area contributed by atoms with E-state index in [0.717, 1.165) is 12.0 Å². The Labute approximate surface area is 149 Å². The molecule has 0 radical (unpaired) electrons. The summed E-state index contributed by atoms with van der Waals surface area (Å²) in [6.45, 7) is 6.61. The Morgan fingerprint density at radius 3 is 2.56 bits per heavy atom. The second-order valence-corrected chi connectivity index (χ2v) is 7.17. The number of ether oxygens (including phenoxy) is 2. The van der Waals surface area contributed by atoms with Crippen LogP contribution in [0.4, 0.5) is 0 Å². The number of carbonyl (C=O) groups is 1. The number of carbonyl (C=O) groups excluding carboxylic acids is 1. The molecule has 2 rings (SSSR count). The van der Waals surface area contributed by atoms with Crippen LogP contribution in [0.3, 0.4) is 0 Å². The molecular formula is C21H26O4. The first kappa shape index (κ1) is 18.8. The molecule has 1 N–H and O–H groups in total. The van der Waals surface area contributed by atoms with E-state index in [4.69, 9.17) is 9.47 Å². The minimum Gasteiger partial charge on any atom is -0.504 e. The third-order valence-electron chi connectivity index (χ3n) is 3.98. The summed E-state index contributed by atoms with van der Waals surface area (Å²) in [6, 6.07) is 13.2. The average molecular weight is 342 g/mol. The first-order valence-electron chi connectivity index (χ1n) is 8.36. The number of hydrogen-bond acceptors (Lipinski definition) is 4. The molecule has 0 aromatic heterocycles. The van der Waals surface area contributed by atoms with Crippen molar-refractivity contribution in [3.8, 4) is 11.5 Å². The van der Waals surface area contributed by atoms with Gasteiger partial charge in [-0.25, -0.2) is 0 Å². The predicted octanol–water partition coefficient (Wildman–Crippen LogP) is 4.06. The Morgan fingerprint density at radius 1 is 1.12 bits per heavy atom. The number of hydrogen-bond donors (Lipinski definition) is 1. The summed E-state index contributed by atoms with van der Waals surface area (Å²) in [5.74, 6) is 0.119. The molecule has 25 heavy (non-hydrogen) atoms. The molecule has 0 aliphatic rings. The van der Waals surface area contributed by atoms with E-state index in [2.05, 4.69) is 39.0 Å². The maximum absolute atomic E-state index is 12.1. The van der Waals surface area contributed by atoms with Crippen LogP contribution in [-0.2, 0) is 22.4 Å². The van der Waals surface area contributed by atoms with Crippen molar-refractivity contribution in [2.45, 2.75) is 33.6 Å². The zero-order valence-corrected chi connectivity index (χ0v) is 15.3. The lowest BCUT2D eigenvalue weighted by molar-refractivity contribution is -0.145. The molecule has 0 amide bonds. The van der Waals surface area contributed by atoms with Gasteiger partial charge in [0.15, 0.2) is 11.5 Å². The average Bonchev–Trinajstić information content (AvgIpc) is 2.54. The Hall–Kier alpha value is -2.49. The molecule has 2 aromatic carbocycles. The van der Waals surface area contributed by atoms with Gasteiger partial charge in [0.1, 0.15) is 0 Å². The van der Waals surface area contributed by atoms with Crippen LogP contribution in [0.1, 0.15) is 30.5 Å². The lowest BCUT2D eigenvalue weighted by Crippen LogP contribution is -2.25. The Kier molecular flexibility index (Phi) is 6.07. The first-order chi connectivity index (χ1) is 11.8. The summed E-state index contributed by atoms with van der Waals surface area (Å²) >= 11 is 0. The number of aryl methyl sites for hydroxylation is 1. The molecule has 0 bridgehead atoms. The molecule has 0 saturated heterocycles. The third-order valence-corrected chi connectivity index (χ3v) is 3.98. The molecule has 4 heteroatoms. The number of benzene rings is 2. The Morgan fingerprint density at radius 2 is 1.88 bits per heavy atom. The summed E-state index contributed by atoms with van der Waals surface area (Å²) in [5.41, 5.74) is 3.07. The maximum atomic E-state index is 12.1. The topological polar surface area (TPSA) is 55.8 Å². The van der Waals surface area contributed by atoms with Crippen LogP contribution in [0, 0.1) is 12.3 Å². The summed E-state index contributed by atoms with van der Waals surface area (Å²) in [7, 11) is 1.48. The van der Waals surface area contributed by atoms with Crippen molar-refractivity contribution in [2.75, 3.05) is 13.7 Å². The molecule has 0 heterocycles. The minimum atomic E-state index is -0.287. The lowest BCUT2D eigenvalue weighted by Gasteiger charge is -2.24. The number of aromatic hydroxyl groups is 1. The molecule has 0 saturated carbocycles. The van der Waals surface area contributed by atoms with Crippen LogP contribution >= 0.6 is 0 Å². The van der Waals surface area contributed by atoms with Gasteiger partial charge in [-0.05, 0) is 36.6 Å². The van der Waals surface area contributed by atoms with Crippen LogP contribution in [0.15, 0.2) is 42.5 Å². The number of phenols is 1. The zero-order valence-electron chi connectivity index (χ0n) is 15.3. The second-order valence-electron chi connectivity index (χ2n) is 7.17. The van der Waals surface area contributed by atoms with E-state index in [-0.39, 0.29) is 23.6 Å². The smallest absolute Gasteiger partial charge is 0.310 e. The third kappa shape index (κ3) is 5.82. The van der Waals surface area contributed by atoms with Gasteiger partial charge in [0.05, 0.1) is 20.1 Å². The van der Waals surface area contributed by atoms with E-state index in [9.17, 15) is 9.90 Å². The number of rotatable bonds is 7. The fourth-order valence-electron chi connectivity index (χ4n) is 2.75. The Bertz CT molecular complexity index is 734. The standard InChI is InChI=1S/C21H26O4/c1-15-6-5-7-17(10-15)13-21(2,3)14-25-20(23)12-16-8-9-18(22)19(11-16)24-4/h5-11,22H,12-14H2,1-4H3. The number of esters is 1. The summed E-state index contributed by atoms with van der Waals surface area (Å²) in [5, 5.41) is 9.60. The van der Waals surface area contributed by atoms with Crippen molar-refractivity contribution in [3.63, 3.8) is 0 Å². The maximum Gasteiger partial charge on any atom is 0.310 e. The first-order valence-corrected chi connectivity index (χ1v) is 8.36. The van der Waals surface area contributed by atoms with E-state index in [1.165, 1.54) is 24.3 Å². The molecule has 4 nitrogen and oxygen atoms in total. The molecule has 2 aromatic rings. The van der Waals surface area contributed by atoms with Crippen LogP contribution in [-0.4, -0.2) is 24.8 Å². The van der Waals surface area contributed by atoms with Gasteiger partial charge in [0.25, 0.3) is 0 Å². The van der Waals surface area contributed by atoms with Gasteiger partial charge in [0, 0.05) is 5.41 Å². The van der Waals surface area contributed by atoms with Crippen LogP contribution in [0.25, 0.3) is 0 Å². The highest BCUT2D eigenvalue weighted by molar-refractivity contribution is 5.73. The van der Waals surface area contributed by atoms with Crippen LogP contribution in [0.2, 0.25) is 0 Å². The van der Waals surface area contributed by atoms with Gasteiger partial charge in [-0.3, -0.25) is 4.79 Å². The van der Waals surface area contributed by atoms with Crippen LogP contribution < -0.4 is 4.74 Å². The molecule has 0 aliphatic heterocycles. The van der Waals surface area contributed by atoms with E-state index in [0.29, 0.717) is 12.4 Å². The van der Waals surface area contributed by atoms with Gasteiger partial charge in [-0.2, -0.15) is 0 Å². The van der Waals surface area contributed by atoms with E-state index in [1.54, 1.807) is 12.1 Å². The van der Waals surface area contributed by atoms with Crippen molar-refractivity contribution >= 4 is 5.97 Å². The highest BCUT2D eigenvalue weighted by atomic mass is 16.5. The van der Waals surface area contributed by atoms with Crippen molar-refractivity contribution in [1.82, 2.24) is 0 Å². The second kappa shape index (κ2) is 8.06. The van der Waals surface area contributed by atoms with Crippen molar-refractivity contribution in [1.29, 1.82) is 0 Å². The molecule has 0 aliphatic carbocycles. The summed E-state index contributed by atoms with van der Waals surface area (Å²) in [4.78, 5) is 12.1. The lowest BCUT2D eigenvalue weighted by atomic mass is 9.86. The van der Waals surface area contributed by atoms with Crippen molar-refractivity contribution in [3.05, 3.63) is 59.2 Å². The highest BCUT2D eigenvalue weighted by Crippen LogP contribution is 2.27. The molecule has 0 unspecified atom stereocenters. The number of phenolic OH excluding ortho intramolecular Hbond substituents is 1. The fourth-order valence-corrected chi connectivity index (χ4v) is 2.75. The van der Waals surface area contributed by atoms with Gasteiger partial charge >= 0.3 is 5.97 Å². The van der Waals surface area contributed by atoms with Gasteiger partial charge in [-0.1, -0.05) is 49.7 Å². The molecule has 0 fully saturated rings. The van der Waals surface area contributed by atoms with Gasteiger partial charge in [-0.15, -0.1) is 0 Å². The predicted molar refractivity (Wildman–Crippen MR) is 98.0 cm³/mol. The van der Waals surface area contributed by atoms with Crippen LogP contribution in [0.5, 0.6) is 11.5 Å². The van der Waals surface area contributed by atoms with Gasteiger partial charge in [0.2, 0.25) is 0 Å². The van der Waals surface area contributed by atoms with E-state index < -0.39 is 0 Å². The minimum absolute atomic E-state index is 0.0545. The fraction of sp³-hybridized carbons (Fsp3) is 0.381. The highest BCUT2D eigenvalue weighted by Gasteiger charge is 2.21. The molecule has 134 valence electrons. The summed E-state index contributed by atoms with van der Waals surface area (Å²) < 4.78 is 10.5. The molecule has 0 spiro atoms. The van der Waals surface area contributed by atoms with E-state index in [1.807, 2.05) is 6.07 Å². The summed E-state index contributed by atoms with van der Waals surface area (Å²) in [6.07, 6.45) is 0.992. The SMILES string of the molecule is COc1cc(CC(=O)OCC(C)(C)Cc2cccc(C)c2)ccc1O. The zero-order chi connectivity index (χ0) is 18.4. The normalized spacial score (nSPS) is 11.2. The monoisotopic (exact) mass is 342 g/mol. The largest absolute Gasteiger partial charge is 0.504 e. The Balaban J connectivity index is 1.90. The molecular weight excluding hydrogens is 316 g/mol. The number of methoxy groups -OCH3 is 1. The quantitative estimate of drug-likeness (QED) is 0.771. The van der Waals surface area contributed by atoms with E-state index >= 15 is 0 Å². The van der Waals surface area contributed by atoms with Gasteiger partial charge < -0.3 is 14.6 Å². The van der Waals surface area contributed by atoms with Crippen molar-refractivity contribution < 1.29 is 19.4 Å².